The number of unbranched alkanes of at least 4 members (excludes halogenated alkanes) is 1. The Kier molecular flexibility index (Phi) is 8.05. The minimum absolute atomic E-state index is 0.738. The lowest BCUT2D eigenvalue weighted by molar-refractivity contribution is 0.309. The van der Waals surface area contributed by atoms with Crippen molar-refractivity contribution >= 4 is 0 Å². The van der Waals surface area contributed by atoms with Crippen LogP contribution < -0.4 is 4.74 Å². The van der Waals surface area contributed by atoms with E-state index in [0.29, 0.717) is 0 Å². The third kappa shape index (κ3) is 6.26. The van der Waals surface area contributed by atoms with E-state index in [1.807, 2.05) is 0 Å². The molecule has 1 nitrogen and oxygen atoms in total. The minimum atomic E-state index is 0.738. The van der Waals surface area contributed by atoms with E-state index < -0.39 is 0 Å². The van der Waals surface area contributed by atoms with Gasteiger partial charge in [0.15, 0.2) is 0 Å². The van der Waals surface area contributed by atoms with Gasteiger partial charge in [-0.3, -0.25) is 0 Å². The smallest absolute Gasteiger partial charge is 0.119 e. The summed E-state index contributed by atoms with van der Waals surface area (Å²) in [6, 6.07) is 8.91. The van der Waals surface area contributed by atoms with Crippen molar-refractivity contribution in [1.29, 1.82) is 0 Å². The van der Waals surface area contributed by atoms with Crippen LogP contribution >= 0.6 is 0 Å². The van der Waals surface area contributed by atoms with Crippen molar-refractivity contribution in [2.24, 2.45) is 17.8 Å². The van der Waals surface area contributed by atoms with Gasteiger partial charge in [-0.25, -0.2) is 0 Å². The van der Waals surface area contributed by atoms with Crippen LogP contribution in [0.1, 0.15) is 82.6 Å². The summed E-state index contributed by atoms with van der Waals surface area (Å²) in [6.45, 7) is 6.99. The average Bonchev–Trinajstić information content (AvgIpc) is 2.74. The standard InChI is InChI=1S/C26H38O/c1-3-5-20-27-26-18-16-25(17-19-26)24-14-12-23(13-15-24)11-10-22-8-6-21(4-2)7-9-22/h4,10-11,16-19,21-24H,2-3,5-9,12-15,20H2,1H3/b11-10+. The first-order valence-corrected chi connectivity index (χ1v) is 11.3. The van der Waals surface area contributed by atoms with Gasteiger partial charge in [0, 0.05) is 0 Å². The second-order valence-corrected chi connectivity index (χ2v) is 8.68. The molecule has 2 aliphatic rings. The molecule has 0 atom stereocenters. The molecular formula is C26H38O. The molecule has 2 fully saturated rings. The van der Waals surface area contributed by atoms with E-state index in [9.17, 15) is 0 Å². The Morgan fingerprint density at radius 3 is 1.96 bits per heavy atom. The van der Waals surface area contributed by atoms with Gasteiger partial charge < -0.3 is 4.74 Å². The van der Waals surface area contributed by atoms with Crippen molar-refractivity contribution < 1.29 is 4.74 Å². The number of hydrogen-bond acceptors (Lipinski definition) is 1. The molecule has 0 amide bonds. The first-order valence-electron chi connectivity index (χ1n) is 11.3. The van der Waals surface area contributed by atoms with Gasteiger partial charge in [-0.2, -0.15) is 0 Å². The fraction of sp³-hybridized carbons (Fsp3) is 0.615. The summed E-state index contributed by atoms with van der Waals surface area (Å²) in [7, 11) is 0. The summed E-state index contributed by atoms with van der Waals surface area (Å²) in [4.78, 5) is 0. The third-order valence-electron chi connectivity index (χ3n) is 6.70. The van der Waals surface area contributed by atoms with Crippen molar-refractivity contribution in [3.05, 3.63) is 54.6 Å². The second-order valence-electron chi connectivity index (χ2n) is 8.68. The van der Waals surface area contributed by atoms with Crippen molar-refractivity contribution in [2.45, 2.75) is 77.0 Å². The first kappa shape index (κ1) is 20.2. The van der Waals surface area contributed by atoms with Crippen LogP contribution in [0.15, 0.2) is 49.1 Å². The van der Waals surface area contributed by atoms with E-state index in [1.165, 1.54) is 63.4 Å². The van der Waals surface area contributed by atoms with Gasteiger partial charge in [0.2, 0.25) is 0 Å². The Hall–Kier alpha value is -1.50. The molecule has 0 radical (unpaired) electrons. The summed E-state index contributed by atoms with van der Waals surface area (Å²) in [5, 5.41) is 0. The van der Waals surface area contributed by atoms with Gasteiger partial charge in [0.05, 0.1) is 6.61 Å². The van der Waals surface area contributed by atoms with Gasteiger partial charge in [-0.1, -0.05) is 43.7 Å². The number of rotatable bonds is 8. The average molecular weight is 367 g/mol. The predicted octanol–water partition coefficient (Wildman–Crippen LogP) is 7.69. The zero-order valence-electron chi connectivity index (χ0n) is 17.2. The van der Waals surface area contributed by atoms with Crippen LogP contribution in [0.2, 0.25) is 0 Å². The Labute approximate surface area is 166 Å². The second kappa shape index (κ2) is 10.7. The van der Waals surface area contributed by atoms with E-state index in [2.05, 4.69) is 56.0 Å². The summed E-state index contributed by atoms with van der Waals surface area (Å²) >= 11 is 0. The molecule has 0 saturated heterocycles. The van der Waals surface area contributed by atoms with Crippen LogP contribution in [-0.2, 0) is 0 Å². The first-order chi connectivity index (χ1) is 13.3. The van der Waals surface area contributed by atoms with Gasteiger partial charge >= 0.3 is 0 Å². The molecule has 1 aromatic carbocycles. The molecule has 3 rings (SSSR count). The van der Waals surface area contributed by atoms with Crippen LogP contribution in [0.3, 0.4) is 0 Å². The largest absolute Gasteiger partial charge is 0.494 e. The molecule has 0 spiro atoms. The van der Waals surface area contributed by atoms with E-state index in [-0.39, 0.29) is 0 Å². The van der Waals surface area contributed by atoms with Gasteiger partial charge in [0.1, 0.15) is 5.75 Å². The van der Waals surface area contributed by atoms with Crippen LogP contribution in [0, 0.1) is 17.8 Å². The van der Waals surface area contributed by atoms with E-state index in [4.69, 9.17) is 4.74 Å². The number of hydrogen-bond donors (Lipinski definition) is 0. The highest BCUT2D eigenvalue weighted by molar-refractivity contribution is 5.29. The predicted molar refractivity (Wildman–Crippen MR) is 116 cm³/mol. The van der Waals surface area contributed by atoms with Crippen molar-refractivity contribution in [2.75, 3.05) is 6.61 Å². The van der Waals surface area contributed by atoms with Crippen LogP contribution in [0.5, 0.6) is 5.75 Å². The summed E-state index contributed by atoms with van der Waals surface area (Å²) < 4.78 is 5.79. The fourth-order valence-corrected chi connectivity index (χ4v) is 4.70. The highest BCUT2D eigenvalue weighted by Crippen LogP contribution is 2.37. The molecule has 0 bridgehead atoms. The van der Waals surface area contributed by atoms with E-state index >= 15 is 0 Å². The lowest BCUT2D eigenvalue weighted by atomic mass is 9.77. The quantitative estimate of drug-likeness (QED) is 0.338. The normalized spacial score (nSPS) is 28.9. The van der Waals surface area contributed by atoms with Crippen molar-refractivity contribution in [1.82, 2.24) is 0 Å². The van der Waals surface area contributed by atoms with E-state index in [0.717, 1.165) is 42.4 Å². The summed E-state index contributed by atoms with van der Waals surface area (Å²) in [5.41, 5.74) is 1.50. The monoisotopic (exact) mass is 366 g/mol. The van der Waals surface area contributed by atoms with Gasteiger partial charge in [-0.05, 0) is 99.2 Å². The molecule has 2 saturated carbocycles. The number of allylic oxidation sites excluding steroid dienone is 3. The zero-order valence-corrected chi connectivity index (χ0v) is 17.2. The number of ether oxygens (including phenoxy) is 1. The molecule has 0 heterocycles. The molecule has 1 heteroatoms. The van der Waals surface area contributed by atoms with E-state index in [1.54, 1.807) is 0 Å². The molecule has 2 aliphatic carbocycles. The van der Waals surface area contributed by atoms with Crippen LogP contribution in [0.25, 0.3) is 0 Å². The lowest BCUT2D eigenvalue weighted by Gasteiger charge is -2.28. The Bertz CT molecular complexity index is 569. The maximum atomic E-state index is 5.79. The molecule has 0 N–H and O–H groups in total. The molecular weight excluding hydrogens is 328 g/mol. The molecule has 148 valence electrons. The Morgan fingerprint density at radius 2 is 1.41 bits per heavy atom. The Morgan fingerprint density at radius 1 is 0.852 bits per heavy atom. The maximum absolute atomic E-state index is 5.79. The van der Waals surface area contributed by atoms with Gasteiger partial charge in [-0.15, -0.1) is 6.58 Å². The fourth-order valence-electron chi connectivity index (χ4n) is 4.70. The molecule has 0 unspecified atom stereocenters. The molecule has 0 aromatic heterocycles. The SMILES string of the molecule is C=CC1CCC(/C=C/C2CCC(c3ccc(OCCCC)cc3)CC2)CC1. The highest BCUT2D eigenvalue weighted by Gasteiger charge is 2.22. The van der Waals surface area contributed by atoms with Crippen molar-refractivity contribution in [3.63, 3.8) is 0 Å². The Balaban J connectivity index is 1.41. The van der Waals surface area contributed by atoms with Crippen molar-refractivity contribution in [3.8, 4) is 5.75 Å². The topological polar surface area (TPSA) is 9.23 Å². The highest BCUT2D eigenvalue weighted by atomic mass is 16.5. The summed E-state index contributed by atoms with van der Waals surface area (Å²) in [5.74, 6) is 4.15. The van der Waals surface area contributed by atoms with Crippen LogP contribution in [-0.4, -0.2) is 6.61 Å². The van der Waals surface area contributed by atoms with Crippen LogP contribution in [0.4, 0.5) is 0 Å². The third-order valence-corrected chi connectivity index (χ3v) is 6.70. The summed E-state index contributed by atoms with van der Waals surface area (Å²) in [6.07, 6.45) is 20.3. The molecule has 0 aliphatic heterocycles. The van der Waals surface area contributed by atoms with Gasteiger partial charge in [0.25, 0.3) is 0 Å². The zero-order chi connectivity index (χ0) is 18.9. The maximum Gasteiger partial charge on any atom is 0.119 e. The molecule has 1 aromatic rings. The molecule has 27 heavy (non-hydrogen) atoms. The lowest BCUT2D eigenvalue weighted by Crippen LogP contribution is -2.13. The number of benzene rings is 1. The minimum Gasteiger partial charge on any atom is -0.494 e.